The molecular weight excluding hydrogens is 337 g/mol. The molecule has 0 spiro atoms. The lowest BCUT2D eigenvalue weighted by Gasteiger charge is -2.22. The molecule has 0 saturated carbocycles. The summed E-state index contributed by atoms with van der Waals surface area (Å²) in [5, 5.41) is 1.02. The molecule has 0 aliphatic rings. The average Bonchev–Trinajstić information content (AvgIpc) is 2.49. The number of carbonyl (C=O) groups excluding carboxylic acids is 2. The number of methoxy groups -OCH3 is 1. The van der Waals surface area contributed by atoms with Crippen molar-refractivity contribution in [1.29, 1.82) is 0 Å². The van der Waals surface area contributed by atoms with E-state index in [2.05, 4.69) is 4.74 Å². The van der Waals surface area contributed by atoms with E-state index in [1.54, 1.807) is 29.2 Å². The number of rotatable bonds is 7. The van der Waals surface area contributed by atoms with Gasteiger partial charge in [0.25, 0.3) is 0 Å². The van der Waals surface area contributed by atoms with Crippen LogP contribution in [0.25, 0.3) is 6.08 Å². The summed E-state index contributed by atoms with van der Waals surface area (Å²) in [6.45, 7) is 4.91. The minimum Gasteiger partial charge on any atom is -0.469 e. The SMILES string of the molecule is COC(=O)CCN(CC(C)C)C(=O)/C=C/c1ccc(Cl)cc1Cl. The Kier molecular flexibility index (Phi) is 8.13. The first-order valence-corrected chi connectivity index (χ1v) is 8.08. The molecule has 6 heteroatoms. The summed E-state index contributed by atoms with van der Waals surface area (Å²) < 4.78 is 4.62. The van der Waals surface area contributed by atoms with Crippen molar-refractivity contribution in [3.8, 4) is 0 Å². The minimum atomic E-state index is -0.337. The zero-order chi connectivity index (χ0) is 17.4. The van der Waals surface area contributed by atoms with Crippen LogP contribution in [0, 0.1) is 5.92 Å². The van der Waals surface area contributed by atoms with Crippen LogP contribution in [0.4, 0.5) is 0 Å². The highest BCUT2D eigenvalue weighted by atomic mass is 35.5. The summed E-state index contributed by atoms with van der Waals surface area (Å²) in [5.41, 5.74) is 0.710. The van der Waals surface area contributed by atoms with E-state index in [1.165, 1.54) is 13.2 Å². The highest BCUT2D eigenvalue weighted by Gasteiger charge is 2.14. The van der Waals surface area contributed by atoms with Crippen molar-refractivity contribution in [3.63, 3.8) is 0 Å². The fourth-order valence-corrected chi connectivity index (χ4v) is 2.44. The second-order valence-electron chi connectivity index (χ2n) is 5.50. The lowest BCUT2D eigenvalue weighted by molar-refractivity contribution is -0.141. The third-order valence-electron chi connectivity index (χ3n) is 3.08. The summed E-state index contributed by atoms with van der Waals surface area (Å²) in [5.74, 6) is -0.214. The molecule has 0 unspecified atom stereocenters. The molecule has 0 aromatic heterocycles. The van der Waals surface area contributed by atoms with Gasteiger partial charge in [-0.1, -0.05) is 43.1 Å². The van der Waals surface area contributed by atoms with E-state index >= 15 is 0 Å². The van der Waals surface area contributed by atoms with Crippen LogP contribution < -0.4 is 0 Å². The Hall–Kier alpha value is -1.52. The fraction of sp³-hybridized carbons (Fsp3) is 0.412. The molecule has 0 fully saturated rings. The maximum Gasteiger partial charge on any atom is 0.307 e. The number of esters is 1. The smallest absolute Gasteiger partial charge is 0.307 e. The van der Waals surface area contributed by atoms with Crippen LogP contribution in [0.5, 0.6) is 0 Å². The lowest BCUT2D eigenvalue weighted by atomic mass is 10.1. The number of carbonyl (C=O) groups is 2. The quantitative estimate of drug-likeness (QED) is 0.546. The summed E-state index contributed by atoms with van der Waals surface area (Å²) >= 11 is 11.9. The van der Waals surface area contributed by atoms with Crippen LogP contribution in [0.2, 0.25) is 10.0 Å². The van der Waals surface area contributed by atoms with E-state index in [0.29, 0.717) is 34.6 Å². The van der Waals surface area contributed by atoms with Crippen molar-refractivity contribution in [2.45, 2.75) is 20.3 Å². The first kappa shape index (κ1) is 19.5. The Morgan fingerprint density at radius 3 is 2.57 bits per heavy atom. The highest BCUT2D eigenvalue weighted by molar-refractivity contribution is 6.35. The predicted octanol–water partition coefficient (Wildman–Crippen LogP) is 4.05. The van der Waals surface area contributed by atoms with Gasteiger partial charge in [-0.05, 0) is 29.7 Å². The molecule has 1 aromatic carbocycles. The summed E-state index contributed by atoms with van der Waals surface area (Å²) in [6, 6.07) is 5.08. The molecule has 0 saturated heterocycles. The monoisotopic (exact) mass is 357 g/mol. The number of hydrogen-bond acceptors (Lipinski definition) is 3. The standard InChI is InChI=1S/C17H21Cl2NO3/c1-12(2)11-20(9-8-17(22)23-3)16(21)7-5-13-4-6-14(18)10-15(13)19/h4-7,10,12H,8-9,11H2,1-3H3/b7-5+. The summed E-state index contributed by atoms with van der Waals surface area (Å²) in [7, 11) is 1.33. The third kappa shape index (κ3) is 7.06. The lowest BCUT2D eigenvalue weighted by Crippen LogP contribution is -2.34. The molecule has 0 bridgehead atoms. The second kappa shape index (κ2) is 9.58. The zero-order valence-corrected chi connectivity index (χ0v) is 15.0. The summed E-state index contributed by atoms with van der Waals surface area (Å²) in [4.78, 5) is 25.2. The van der Waals surface area contributed by atoms with Gasteiger partial charge in [0.05, 0.1) is 13.5 Å². The van der Waals surface area contributed by atoms with E-state index in [4.69, 9.17) is 23.2 Å². The number of ether oxygens (including phenoxy) is 1. The Labute approximate surface area is 147 Å². The van der Waals surface area contributed by atoms with Gasteiger partial charge >= 0.3 is 5.97 Å². The van der Waals surface area contributed by atoms with Gasteiger partial charge in [-0.3, -0.25) is 9.59 Å². The topological polar surface area (TPSA) is 46.6 Å². The molecule has 1 amide bonds. The molecule has 23 heavy (non-hydrogen) atoms. The van der Waals surface area contributed by atoms with Crippen LogP contribution in [0.1, 0.15) is 25.8 Å². The van der Waals surface area contributed by atoms with E-state index in [-0.39, 0.29) is 18.3 Å². The molecule has 0 radical (unpaired) electrons. The number of amides is 1. The van der Waals surface area contributed by atoms with Gasteiger partial charge in [0.1, 0.15) is 0 Å². The van der Waals surface area contributed by atoms with Crippen LogP contribution in [0.15, 0.2) is 24.3 Å². The molecule has 4 nitrogen and oxygen atoms in total. The van der Waals surface area contributed by atoms with Crippen molar-refractivity contribution in [2.75, 3.05) is 20.2 Å². The third-order valence-corrected chi connectivity index (χ3v) is 3.64. The first-order valence-electron chi connectivity index (χ1n) is 7.32. The van der Waals surface area contributed by atoms with Gasteiger partial charge in [-0.25, -0.2) is 0 Å². The largest absolute Gasteiger partial charge is 0.469 e. The maximum atomic E-state index is 12.3. The molecule has 0 N–H and O–H groups in total. The van der Waals surface area contributed by atoms with Gasteiger partial charge in [0, 0.05) is 29.2 Å². The van der Waals surface area contributed by atoms with Gasteiger partial charge in [0.15, 0.2) is 0 Å². The van der Waals surface area contributed by atoms with Gasteiger partial charge in [0.2, 0.25) is 5.91 Å². The average molecular weight is 358 g/mol. The summed E-state index contributed by atoms with van der Waals surface area (Å²) in [6.07, 6.45) is 3.27. The first-order chi connectivity index (χ1) is 10.8. The molecular formula is C17H21Cl2NO3. The number of halogens is 2. The van der Waals surface area contributed by atoms with E-state index in [1.807, 2.05) is 13.8 Å². The number of benzene rings is 1. The molecule has 1 aromatic rings. The Morgan fingerprint density at radius 1 is 1.30 bits per heavy atom. The van der Waals surface area contributed by atoms with E-state index < -0.39 is 0 Å². The zero-order valence-electron chi connectivity index (χ0n) is 13.5. The second-order valence-corrected chi connectivity index (χ2v) is 6.35. The van der Waals surface area contributed by atoms with Crippen molar-refractivity contribution in [3.05, 3.63) is 39.9 Å². The van der Waals surface area contributed by atoms with Crippen molar-refractivity contribution in [1.82, 2.24) is 4.90 Å². The Balaban J connectivity index is 2.78. The van der Waals surface area contributed by atoms with Crippen LogP contribution in [-0.2, 0) is 14.3 Å². The predicted molar refractivity (Wildman–Crippen MR) is 93.5 cm³/mol. The molecule has 126 valence electrons. The van der Waals surface area contributed by atoms with Crippen molar-refractivity contribution in [2.24, 2.45) is 5.92 Å². The van der Waals surface area contributed by atoms with E-state index in [0.717, 1.165) is 0 Å². The van der Waals surface area contributed by atoms with Gasteiger partial charge in [-0.2, -0.15) is 0 Å². The maximum absolute atomic E-state index is 12.3. The molecule has 0 aliphatic carbocycles. The fourth-order valence-electron chi connectivity index (χ4n) is 1.96. The van der Waals surface area contributed by atoms with Gasteiger partial charge in [-0.15, -0.1) is 0 Å². The van der Waals surface area contributed by atoms with Crippen molar-refractivity contribution < 1.29 is 14.3 Å². The molecule has 0 atom stereocenters. The Bertz CT molecular complexity index is 585. The van der Waals surface area contributed by atoms with Crippen LogP contribution >= 0.6 is 23.2 Å². The Morgan fingerprint density at radius 2 is 2.00 bits per heavy atom. The number of nitrogens with zero attached hydrogens (tertiary/aromatic N) is 1. The van der Waals surface area contributed by atoms with Gasteiger partial charge < -0.3 is 9.64 Å². The molecule has 0 heterocycles. The van der Waals surface area contributed by atoms with Crippen LogP contribution in [0.3, 0.4) is 0 Å². The normalized spacial score (nSPS) is 11.0. The van der Waals surface area contributed by atoms with E-state index in [9.17, 15) is 9.59 Å². The molecule has 0 aliphatic heterocycles. The highest BCUT2D eigenvalue weighted by Crippen LogP contribution is 2.22. The van der Waals surface area contributed by atoms with Crippen molar-refractivity contribution >= 4 is 41.2 Å². The minimum absolute atomic E-state index is 0.171. The van der Waals surface area contributed by atoms with Crippen LogP contribution in [-0.4, -0.2) is 37.0 Å². The molecule has 1 rings (SSSR count). The number of hydrogen-bond donors (Lipinski definition) is 0.